The second kappa shape index (κ2) is 7.29. The average molecular weight is 388 g/mol. The molecule has 0 saturated carbocycles. The summed E-state index contributed by atoms with van der Waals surface area (Å²) < 4.78 is 8.23. The second-order valence-electron chi connectivity index (χ2n) is 6.22. The minimum Gasteiger partial charge on any atom is -0.463 e. The van der Waals surface area contributed by atoms with Crippen LogP contribution in [0, 0.1) is 12.3 Å². The van der Waals surface area contributed by atoms with Gasteiger partial charge in [-0.2, -0.15) is 4.99 Å². The van der Waals surface area contributed by atoms with E-state index >= 15 is 0 Å². The summed E-state index contributed by atoms with van der Waals surface area (Å²) in [6.07, 6.45) is 7.59. The molecule has 5 nitrogen and oxygen atoms in total. The number of amides is 1. The van der Waals surface area contributed by atoms with Gasteiger partial charge in [-0.1, -0.05) is 42.4 Å². The number of carbonyl (C=O) groups is 1. The number of rotatable bonds is 3. The molecule has 2 heterocycles. The fourth-order valence-corrected chi connectivity index (χ4v) is 4.13. The van der Waals surface area contributed by atoms with Crippen molar-refractivity contribution in [3.05, 3.63) is 74.9 Å². The Labute approximate surface area is 164 Å². The number of nitrogens with zero attached hydrogens (tertiary/aromatic N) is 2. The van der Waals surface area contributed by atoms with Crippen molar-refractivity contribution in [1.29, 1.82) is 0 Å². The van der Waals surface area contributed by atoms with Crippen molar-refractivity contribution >= 4 is 38.4 Å². The lowest BCUT2D eigenvalue weighted by Crippen LogP contribution is -2.19. The topological polar surface area (TPSA) is 64.6 Å². The quantitative estimate of drug-likeness (QED) is 0.502. The molecule has 0 aliphatic carbocycles. The van der Waals surface area contributed by atoms with Gasteiger partial charge in [0, 0.05) is 0 Å². The van der Waals surface area contributed by atoms with Crippen molar-refractivity contribution in [2.24, 2.45) is 4.99 Å². The maximum Gasteiger partial charge on any atom is 0.286 e. The Morgan fingerprint density at radius 3 is 2.89 bits per heavy atom. The number of fused-ring (bicyclic) bond motifs is 2. The van der Waals surface area contributed by atoms with E-state index in [1.54, 1.807) is 28.8 Å². The van der Waals surface area contributed by atoms with E-state index in [-0.39, 0.29) is 12.1 Å². The lowest BCUT2D eigenvalue weighted by molar-refractivity contribution is 0.0995. The summed E-state index contributed by atoms with van der Waals surface area (Å²) in [5.74, 6) is 1.95. The maximum atomic E-state index is 12.8. The van der Waals surface area contributed by atoms with Crippen LogP contribution in [0.5, 0.6) is 0 Å². The number of hydrogen-bond donors (Lipinski definition) is 0. The fourth-order valence-electron chi connectivity index (χ4n) is 3.04. The van der Waals surface area contributed by atoms with Crippen LogP contribution in [0.2, 0.25) is 0 Å². The number of para-hydroxylation sites is 1. The zero-order chi connectivity index (χ0) is 19.7. The summed E-state index contributed by atoms with van der Waals surface area (Å²) >= 11 is 1.37. The normalized spacial score (nSPS) is 11.8. The number of aryl methyl sites for hydroxylation is 1. The van der Waals surface area contributed by atoms with Gasteiger partial charge in [-0.3, -0.25) is 9.59 Å². The summed E-state index contributed by atoms with van der Waals surface area (Å²) in [5.41, 5.74) is 2.04. The molecule has 2 aromatic heterocycles. The Balaban J connectivity index is 1.89. The van der Waals surface area contributed by atoms with Crippen molar-refractivity contribution in [3.8, 4) is 12.3 Å². The summed E-state index contributed by atoms with van der Waals surface area (Å²) in [6, 6.07) is 12.9. The Morgan fingerprint density at radius 1 is 1.29 bits per heavy atom. The number of thiazole rings is 1. The average Bonchev–Trinajstić information content (AvgIpc) is 3.04. The summed E-state index contributed by atoms with van der Waals surface area (Å²) in [4.78, 5) is 30.1. The zero-order valence-electron chi connectivity index (χ0n) is 15.1. The van der Waals surface area contributed by atoms with Crippen molar-refractivity contribution in [1.82, 2.24) is 4.57 Å². The van der Waals surface area contributed by atoms with Crippen LogP contribution in [0.15, 0.2) is 62.9 Å². The highest BCUT2D eigenvalue weighted by atomic mass is 32.1. The highest BCUT2D eigenvalue weighted by molar-refractivity contribution is 7.16. The Kier molecular flexibility index (Phi) is 4.68. The molecule has 0 unspecified atom stereocenters. The van der Waals surface area contributed by atoms with Gasteiger partial charge in [0.15, 0.2) is 4.80 Å². The lowest BCUT2D eigenvalue weighted by Gasteiger charge is -2.01. The lowest BCUT2D eigenvalue weighted by atomic mass is 10.1. The molecule has 0 N–H and O–H groups in total. The zero-order valence-corrected chi connectivity index (χ0v) is 16.0. The molecule has 0 bridgehead atoms. The standard InChI is InChI=1S/C22H16N2O3S/c1-3-11-24-17-10-9-14(4-2)12-19(17)28-22(24)23-21(26)16-13-27-18-8-6-5-7-15(18)20(16)25/h1,5-10,12-13H,4,11H2,2H3. The SMILES string of the molecule is C#CCn1c(=NC(=O)c2coc3ccccc3c2=O)sc2cc(CC)ccc21. The van der Waals surface area contributed by atoms with Crippen LogP contribution in [0.1, 0.15) is 22.8 Å². The van der Waals surface area contributed by atoms with Gasteiger partial charge in [-0.15, -0.1) is 6.42 Å². The highest BCUT2D eigenvalue weighted by Crippen LogP contribution is 2.20. The van der Waals surface area contributed by atoms with E-state index in [9.17, 15) is 9.59 Å². The molecule has 0 aliphatic rings. The van der Waals surface area contributed by atoms with E-state index in [1.165, 1.54) is 23.2 Å². The smallest absolute Gasteiger partial charge is 0.286 e. The van der Waals surface area contributed by atoms with Gasteiger partial charge < -0.3 is 8.98 Å². The predicted octanol–water partition coefficient (Wildman–Crippen LogP) is 3.75. The Bertz CT molecular complexity index is 1380. The largest absolute Gasteiger partial charge is 0.463 e. The molecule has 6 heteroatoms. The van der Waals surface area contributed by atoms with Crippen LogP contribution in [0.4, 0.5) is 0 Å². The van der Waals surface area contributed by atoms with Crippen LogP contribution >= 0.6 is 11.3 Å². The molecular formula is C22H16N2O3S. The number of carbonyl (C=O) groups excluding carboxylic acids is 1. The first-order valence-corrected chi connectivity index (χ1v) is 9.59. The summed E-state index contributed by atoms with van der Waals surface area (Å²) in [5, 5.41) is 0.351. The van der Waals surface area contributed by atoms with Crippen LogP contribution in [-0.4, -0.2) is 10.5 Å². The molecule has 4 rings (SSSR count). The number of aromatic nitrogens is 1. The molecule has 0 atom stereocenters. The van der Waals surface area contributed by atoms with Crippen molar-refractivity contribution in [2.75, 3.05) is 0 Å². The van der Waals surface area contributed by atoms with E-state index in [1.807, 2.05) is 12.1 Å². The van der Waals surface area contributed by atoms with E-state index in [4.69, 9.17) is 10.8 Å². The third kappa shape index (κ3) is 3.06. The molecule has 1 amide bonds. The highest BCUT2D eigenvalue weighted by Gasteiger charge is 2.15. The third-order valence-electron chi connectivity index (χ3n) is 4.51. The molecule has 0 aliphatic heterocycles. The van der Waals surface area contributed by atoms with Crippen molar-refractivity contribution in [3.63, 3.8) is 0 Å². The van der Waals surface area contributed by atoms with Gasteiger partial charge in [0.2, 0.25) is 5.43 Å². The van der Waals surface area contributed by atoms with E-state index < -0.39 is 11.3 Å². The summed E-state index contributed by atoms with van der Waals surface area (Å²) in [7, 11) is 0. The maximum absolute atomic E-state index is 12.8. The first-order chi connectivity index (χ1) is 13.6. The molecule has 28 heavy (non-hydrogen) atoms. The number of hydrogen-bond acceptors (Lipinski definition) is 4. The molecule has 0 fully saturated rings. The van der Waals surface area contributed by atoms with Crippen molar-refractivity contribution < 1.29 is 9.21 Å². The Hall–Kier alpha value is -3.43. The third-order valence-corrected chi connectivity index (χ3v) is 5.55. The van der Waals surface area contributed by atoms with Gasteiger partial charge in [0.1, 0.15) is 17.4 Å². The van der Waals surface area contributed by atoms with Gasteiger partial charge in [-0.25, -0.2) is 0 Å². The minimum atomic E-state index is -0.646. The molecule has 4 aromatic rings. The summed E-state index contributed by atoms with van der Waals surface area (Å²) in [6.45, 7) is 2.36. The number of benzene rings is 2. The van der Waals surface area contributed by atoms with Gasteiger partial charge in [0.05, 0.1) is 22.1 Å². The van der Waals surface area contributed by atoms with E-state index in [0.29, 0.717) is 15.8 Å². The van der Waals surface area contributed by atoms with Crippen molar-refractivity contribution in [2.45, 2.75) is 19.9 Å². The van der Waals surface area contributed by atoms with Crippen LogP contribution in [0.25, 0.3) is 21.2 Å². The minimum absolute atomic E-state index is 0.0994. The molecule has 0 radical (unpaired) electrons. The first-order valence-electron chi connectivity index (χ1n) is 8.77. The molecule has 2 aromatic carbocycles. The van der Waals surface area contributed by atoms with Gasteiger partial charge in [-0.05, 0) is 36.2 Å². The van der Waals surface area contributed by atoms with E-state index in [0.717, 1.165) is 16.6 Å². The van der Waals surface area contributed by atoms with Gasteiger partial charge >= 0.3 is 0 Å². The van der Waals surface area contributed by atoms with Gasteiger partial charge in [0.25, 0.3) is 5.91 Å². The van der Waals surface area contributed by atoms with Crippen LogP contribution in [-0.2, 0) is 13.0 Å². The number of terminal acetylenes is 1. The first kappa shape index (κ1) is 18.0. The molecule has 0 saturated heterocycles. The van der Waals surface area contributed by atoms with E-state index in [2.05, 4.69) is 23.9 Å². The molecule has 0 spiro atoms. The van der Waals surface area contributed by atoms with Crippen LogP contribution in [0.3, 0.4) is 0 Å². The second-order valence-corrected chi connectivity index (χ2v) is 7.23. The Morgan fingerprint density at radius 2 is 2.11 bits per heavy atom. The predicted molar refractivity (Wildman–Crippen MR) is 110 cm³/mol. The van der Waals surface area contributed by atoms with Crippen LogP contribution < -0.4 is 10.2 Å². The molecular weight excluding hydrogens is 372 g/mol. The fraction of sp³-hybridized carbons (Fsp3) is 0.136. The molecule has 138 valence electrons. The monoisotopic (exact) mass is 388 g/mol.